The first-order chi connectivity index (χ1) is 15.3. The number of carbonyl (C=O) groups excluding carboxylic acids is 5. The summed E-state index contributed by atoms with van der Waals surface area (Å²) >= 11 is 0. The van der Waals surface area contributed by atoms with Crippen LogP contribution in [0, 0.1) is 0 Å². The predicted molar refractivity (Wildman–Crippen MR) is 113 cm³/mol. The van der Waals surface area contributed by atoms with E-state index in [1.54, 1.807) is 12.1 Å². The number of aromatic nitrogens is 1. The summed E-state index contributed by atoms with van der Waals surface area (Å²) < 4.78 is 0. The minimum atomic E-state index is -1.43. The summed E-state index contributed by atoms with van der Waals surface area (Å²) in [6, 6.07) is 7.32. The maximum absolute atomic E-state index is 13.2. The number of nitrogens with one attached hydrogen (secondary N) is 4. The lowest BCUT2D eigenvalue weighted by Gasteiger charge is -2.28. The Balaban J connectivity index is 1.55. The molecule has 2 saturated heterocycles. The third-order valence-electron chi connectivity index (χ3n) is 5.76. The molecule has 2 aliphatic heterocycles. The molecule has 2 aromatic rings. The molecule has 2 aliphatic rings. The molecule has 2 fully saturated rings. The van der Waals surface area contributed by atoms with Gasteiger partial charge in [0, 0.05) is 23.9 Å². The summed E-state index contributed by atoms with van der Waals surface area (Å²) in [4.78, 5) is 66.2. The Hall–Kier alpha value is -3.89. The third-order valence-corrected chi connectivity index (χ3v) is 5.76. The Morgan fingerprint density at radius 2 is 1.91 bits per heavy atom. The van der Waals surface area contributed by atoms with Crippen molar-refractivity contribution < 1.29 is 24.0 Å². The van der Waals surface area contributed by atoms with Crippen molar-refractivity contribution in [3.8, 4) is 0 Å². The lowest BCUT2D eigenvalue weighted by molar-refractivity contribution is -0.141. The van der Waals surface area contributed by atoms with Gasteiger partial charge in [0.25, 0.3) is 11.8 Å². The third kappa shape index (κ3) is 4.27. The smallest absolute Gasteiger partial charge is 0.269 e. The molecule has 32 heavy (non-hydrogen) atoms. The number of fused-ring (bicyclic) bond motifs is 1. The number of carbonyl (C=O) groups is 5. The van der Waals surface area contributed by atoms with Crippen molar-refractivity contribution in [2.75, 3.05) is 6.54 Å². The van der Waals surface area contributed by atoms with Crippen LogP contribution in [0.15, 0.2) is 30.3 Å². The SMILES string of the molecule is NC(=O)[C@@H]1CCCN1C(=O)C(NC(=O)c1cc2ccccc2[nH]1)NC(=O)[C@@H]1CCC(=O)N1. The molecular formula is C21H24N6O5. The highest BCUT2D eigenvalue weighted by Gasteiger charge is 2.39. The van der Waals surface area contributed by atoms with Crippen molar-refractivity contribution in [3.05, 3.63) is 36.0 Å². The standard InChI is InChI=1S/C21H24N6O5/c22-17(29)15-6-3-9-27(15)21(32)18(25-19(30)13-7-8-16(28)24-13)26-20(31)14-10-11-4-1-2-5-12(11)23-14/h1-2,4-5,10,13,15,18,23H,3,6-9H2,(H2,22,29)(H,24,28)(H,25,30)(H,26,31)/t13-,15-,18?/m0/s1. The fourth-order valence-electron chi connectivity index (χ4n) is 4.11. The van der Waals surface area contributed by atoms with Crippen LogP contribution in [0.1, 0.15) is 36.2 Å². The van der Waals surface area contributed by atoms with Gasteiger partial charge in [-0.15, -0.1) is 0 Å². The zero-order chi connectivity index (χ0) is 22.8. The number of amides is 5. The van der Waals surface area contributed by atoms with Gasteiger partial charge in [0.2, 0.25) is 17.7 Å². The number of benzene rings is 1. The summed E-state index contributed by atoms with van der Waals surface area (Å²) in [5, 5.41) is 8.39. The van der Waals surface area contributed by atoms with Crippen molar-refractivity contribution in [2.45, 2.75) is 43.9 Å². The number of para-hydroxylation sites is 1. The number of H-pyrrole nitrogens is 1. The van der Waals surface area contributed by atoms with Crippen molar-refractivity contribution in [3.63, 3.8) is 0 Å². The molecule has 4 rings (SSSR count). The van der Waals surface area contributed by atoms with Gasteiger partial charge in [-0.2, -0.15) is 0 Å². The van der Waals surface area contributed by atoms with E-state index in [-0.39, 0.29) is 31.0 Å². The fourth-order valence-corrected chi connectivity index (χ4v) is 4.11. The largest absolute Gasteiger partial charge is 0.368 e. The fraction of sp³-hybridized carbons (Fsp3) is 0.381. The van der Waals surface area contributed by atoms with E-state index in [0.29, 0.717) is 12.8 Å². The zero-order valence-electron chi connectivity index (χ0n) is 17.2. The highest BCUT2D eigenvalue weighted by Crippen LogP contribution is 2.19. The minimum absolute atomic E-state index is 0.202. The van der Waals surface area contributed by atoms with Gasteiger partial charge in [-0.1, -0.05) is 18.2 Å². The van der Waals surface area contributed by atoms with Crippen LogP contribution >= 0.6 is 0 Å². The molecule has 3 atom stereocenters. The van der Waals surface area contributed by atoms with Gasteiger partial charge in [-0.05, 0) is 31.4 Å². The van der Waals surface area contributed by atoms with Crippen LogP contribution in [0.2, 0.25) is 0 Å². The molecule has 0 bridgehead atoms. The van der Waals surface area contributed by atoms with Crippen LogP contribution < -0.4 is 21.7 Å². The van der Waals surface area contributed by atoms with Crippen molar-refractivity contribution >= 4 is 40.4 Å². The van der Waals surface area contributed by atoms with Crippen LogP contribution in [0.4, 0.5) is 0 Å². The molecule has 3 heterocycles. The van der Waals surface area contributed by atoms with E-state index in [1.807, 2.05) is 18.2 Å². The Bertz CT molecular complexity index is 1060. The Kier molecular flexibility index (Phi) is 5.80. The second-order valence-corrected chi connectivity index (χ2v) is 7.94. The van der Waals surface area contributed by atoms with Gasteiger partial charge in [0.05, 0.1) is 0 Å². The first kappa shape index (κ1) is 21.3. The number of hydrogen-bond donors (Lipinski definition) is 5. The molecule has 0 radical (unpaired) electrons. The summed E-state index contributed by atoms with van der Waals surface area (Å²) in [6.07, 6.45) is 0.0488. The van der Waals surface area contributed by atoms with Crippen molar-refractivity contribution in [1.82, 2.24) is 25.8 Å². The van der Waals surface area contributed by atoms with E-state index in [9.17, 15) is 24.0 Å². The summed E-state index contributed by atoms with van der Waals surface area (Å²) in [7, 11) is 0. The number of nitrogens with two attached hydrogens (primary N) is 1. The summed E-state index contributed by atoms with van der Waals surface area (Å²) in [5.41, 5.74) is 6.37. The van der Waals surface area contributed by atoms with Gasteiger partial charge in [-0.25, -0.2) is 0 Å². The number of likely N-dealkylation sites (tertiary alicyclic amines) is 1. The van der Waals surface area contributed by atoms with Gasteiger partial charge < -0.3 is 31.6 Å². The van der Waals surface area contributed by atoms with Crippen LogP contribution in [0.25, 0.3) is 10.9 Å². The molecule has 1 aromatic heterocycles. The Morgan fingerprint density at radius 3 is 2.59 bits per heavy atom. The number of rotatable bonds is 6. The maximum atomic E-state index is 13.2. The number of aromatic amines is 1. The van der Waals surface area contributed by atoms with Gasteiger partial charge in [0.1, 0.15) is 17.8 Å². The van der Waals surface area contributed by atoms with E-state index in [1.165, 1.54) is 4.90 Å². The summed E-state index contributed by atoms with van der Waals surface area (Å²) in [5.74, 6) is -2.76. The summed E-state index contributed by atoms with van der Waals surface area (Å²) in [6.45, 7) is 0.279. The molecule has 168 valence electrons. The van der Waals surface area contributed by atoms with Crippen LogP contribution in [-0.4, -0.2) is 64.2 Å². The molecule has 0 aliphatic carbocycles. The molecule has 5 amide bonds. The lowest BCUT2D eigenvalue weighted by atomic mass is 10.2. The Labute approximate surface area is 183 Å². The molecule has 0 spiro atoms. The molecule has 1 unspecified atom stereocenters. The maximum Gasteiger partial charge on any atom is 0.269 e. The van der Waals surface area contributed by atoms with Gasteiger partial charge in [-0.3, -0.25) is 24.0 Å². The average molecular weight is 440 g/mol. The average Bonchev–Trinajstić information content (AvgIpc) is 3.51. The van der Waals surface area contributed by atoms with Gasteiger partial charge >= 0.3 is 0 Å². The normalized spacial score (nSPS) is 21.2. The van der Waals surface area contributed by atoms with Crippen molar-refractivity contribution in [1.29, 1.82) is 0 Å². The quantitative estimate of drug-likeness (QED) is 0.366. The molecule has 11 nitrogen and oxygen atoms in total. The second-order valence-electron chi connectivity index (χ2n) is 7.94. The van der Waals surface area contributed by atoms with E-state index in [4.69, 9.17) is 5.73 Å². The lowest BCUT2D eigenvalue weighted by Crippen LogP contribution is -2.61. The Morgan fingerprint density at radius 1 is 1.12 bits per heavy atom. The number of hydrogen-bond acceptors (Lipinski definition) is 5. The van der Waals surface area contributed by atoms with E-state index in [0.717, 1.165) is 10.9 Å². The molecular weight excluding hydrogens is 416 g/mol. The monoisotopic (exact) mass is 440 g/mol. The van der Waals surface area contributed by atoms with E-state index in [2.05, 4.69) is 20.9 Å². The number of nitrogens with zero attached hydrogens (tertiary/aromatic N) is 1. The van der Waals surface area contributed by atoms with Crippen molar-refractivity contribution in [2.24, 2.45) is 5.73 Å². The second kappa shape index (κ2) is 8.69. The molecule has 6 N–H and O–H groups in total. The first-order valence-electron chi connectivity index (χ1n) is 10.4. The van der Waals surface area contributed by atoms with E-state index >= 15 is 0 Å². The molecule has 0 saturated carbocycles. The highest BCUT2D eigenvalue weighted by molar-refractivity contribution is 6.02. The van der Waals surface area contributed by atoms with Crippen LogP contribution in [-0.2, 0) is 19.2 Å². The molecule has 1 aromatic carbocycles. The van der Waals surface area contributed by atoms with Crippen LogP contribution in [0.5, 0.6) is 0 Å². The number of primary amides is 1. The molecule has 11 heteroatoms. The zero-order valence-corrected chi connectivity index (χ0v) is 17.2. The van der Waals surface area contributed by atoms with E-state index < -0.39 is 41.9 Å². The van der Waals surface area contributed by atoms with Crippen LogP contribution in [0.3, 0.4) is 0 Å². The first-order valence-corrected chi connectivity index (χ1v) is 10.4. The topological polar surface area (TPSA) is 166 Å². The predicted octanol–water partition coefficient (Wildman–Crippen LogP) is -0.905. The van der Waals surface area contributed by atoms with Gasteiger partial charge in [0.15, 0.2) is 6.17 Å². The highest BCUT2D eigenvalue weighted by atomic mass is 16.2. The minimum Gasteiger partial charge on any atom is -0.368 e.